The Morgan fingerprint density at radius 2 is 1.80 bits per heavy atom. The Morgan fingerprint density at radius 1 is 1.15 bits per heavy atom. The Labute approximate surface area is 123 Å². The molecule has 0 radical (unpaired) electrons. The molecule has 20 heavy (non-hydrogen) atoms. The fourth-order valence-corrected chi connectivity index (χ4v) is 1.67. The molecule has 5 nitrogen and oxygen atoms in total. The number of amides is 2. The van der Waals surface area contributed by atoms with Crippen LogP contribution >= 0.6 is 11.6 Å². The zero-order valence-corrected chi connectivity index (χ0v) is 12.2. The van der Waals surface area contributed by atoms with E-state index in [-0.39, 0.29) is 25.0 Å². The first-order chi connectivity index (χ1) is 9.61. The number of hydrogen-bond donors (Lipinski definition) is 2. The second-order valence-electron chi connectivity index (χ2n) is 4.11. The van der Waals surface area contributed by atoms with Crippen LogP contribution in [0, 0.1) is 0 Å². The molecule has 0 saturated heterocycles. The summed E-state index contributed by atoms with van der Waals surface area (Å²) in [4.78, 5) is 22.5. The molecule has 0 unspecified atom stereocenters. The van der Waals surface area contributed by atoms with E-state index >= 15 is 0 Å². The second-order valence-corrected chi connectivity index (χ2v) is 4.55. The SMILES string of the molecule is CCOC(=O)CCNC(=O)NCCc1ccc(Cl)cc1. The van der Waals surface area contributed by atoms with Crippen LogP contribution in [-0.2, 0) is 16.0 Å². The number of nitrogens with one attached hydrogen (secondary N) is 2. The van der Waals surface area contributed by atoms with Gasteiger partial charge in [0, 0.05) is 18.1 Å². The van der Waals surface area contributed by atoms with Crippen LogP contribution in [0.1, 0.15) is 18.9 Å². The highest BCUT2D eigenvalue weighted by Gasteiger charge is 2.03. The standard InChI is InChI=1S/C14H19ClN2O3/c1-2-20-13(18)8-10-17-14(19)16-9-7-11-3-5-12(15)6-4-11/h3-6H,2,7-10H2,1H3,(H2,16,17,19). The molecule has 1 aromatic rings. The predicted octanol–water partition coefficient (Wildman–Crippen LogP) is 2.13. The molecule has 0 bridgehead atoms. The number of urea groups is 1. The summed E-state index contributed by atoms with van der Waals surface area (Å²) < 4.78 is 4.75. The average molecular weight is 299 g/mol. The van der Waals surface area contributed by atoms with Crippen LogP contribution in [0.4, 0.5) is 4.79 Å². The van der Waals surface area contributed by atoms with E-state index in [2.05, 4.69) is 10.6 Å². The van der Waals surface area contributed by atoms with Crippen molar-refractivity contribution < 1.29 is 14.3 Å². The fourth-order valence-electron chi connectivity index (χ4n) is 1.55. The molecule has 6 heteroatoms. The minimum Gasteiger partial charge on any atom is -0.466 e. The summed E-state index contributed by atoms with van der Waals surface area (Å²) in [6.45, 7) is 2.89. The van der Waals surface area contributed by atoms with Crippen LogP contribution in [0.5, 0.6) is 0 Å². The number of esters is 1. The number of rotatable bonds is 7. The Bertz CT molecular complexity index is 435. The first-order valence-corrected chi connectivity index (χ1v) is 6.91. The van der Waals surface area contributed by atoms with Gasteiger partial charge in [0.1, 0.15) is 0 Å². The van der Waals surface area contributed by atoms with Crippen molar-refractivity contribution in [3.8, 4) is 0 Å². The molecular formula is C14H19ClN2O3. The van der Waals surface area contributed by atoms with Crippen LogP contribution in [0.3, 0.4) is 0 Å². The van der Waals surface area contributed by atoms with Gasteiger partial charge >= 0.3 is 12.0 Å². The van der Waals surface area contributed by atoms with E-state index in [1.54, 1.807) is 6.92 Å². The highest BCUT2D eigenvalue weighted by atomic mass is 35.5. The van der Waals surface area contributed by atoms with E-state index < -0.39 is 0 Å². The van der Waals surface area contributed by atoms with Gasteiger partial charge in [-0.2, -0.15) is 0 Å². The summed E-state index contributed by atoms with van der Waals surface area (Å²) >= 11 is 5.78. The van der Waals surface area contributed by atoms with Crippen molar-refractivity contribution in [3.05, 3.63) is 34.9 Å². The van der Waals surface area contributed by atoms with E-state index in [0.29, 0.717) is 18.2 Å². The van der Waals surface area contributed by atoms with E-state index in [0.717, 1.165) is 12.0 Å². The summed E-state index contributed by atoms with van der Waals surface area (Å²) in [5.74, 6) is -0.311. The summed E-state index contributed by atoms with van der Waals surface area (Å²) in [6.07, 6.45) is 0.904. The maximum Gasteiger partial charge on any atom is 0.314 e. The molecule has 0 atom stereocenters. The van der Waals surface area contributed by atoms with E-state index in [9.17, 15) is 9.59 Å². The largest absolute Gasteiger partial charge is 0.466 e. The first kappa shape index (κ1) is 16.3. The van der Waals surface area contributed by atoms with Crippen molar-refractivity contribution in [2.45, 2.75) is 19.8 Å². The van der Waals surface area contributed by atoms with Crippen LogP contribution < -0.4 is 10.6 Å². The lowest BCUT2D eigenvalue weighted by molar-refractivity contribution is -0.142. The molecular weight excluding hydrogens is 280 g/mol. The van der Waals surface area contributed by atoms with Gasteiger partial charge in [-0.15, -0.1) is 0 Å². The normalized spacial score (nSPS) is 9.90. The highest BCUT2D eigenvalue weighted by Crippen LogP contribution is 2.09. The lowest BCUT2D eigenvalue weighted by Gasteiger charge is -2.07. The van der Waals surface area contributed by atoms with Crippen molar-refractivity contribution >= 4 is 23.6 Å². The van der Waals surface area contributed by atoms with E-state index in [1.165, 1.54) is 0 Å². The number of carbonyl (C=O) groups excluding carboxylic acids is 2. The second kappa shape index (κ2) is 9.20. The first-order valence-electron chi connectivity index (χ1n) is 6.53. The van der Waals surface area contributed by atoms with Crippen LogP contribution in [-0.4, -0.2) is 31.7 Å². The molecule has 0 spiro atoms. The number of benzene rings is 1. The van der Waals surface area contributed by atoms with Gasteiger partial charge in [-0.1, -0.05) is 23.7 Å². The Kier molecular flexibility index (Phi) is 7.50. The van der Waals surface area contributed by atoms with Crippen molar-refractivity contribution in [1.29, 1.82) is 0 Å². The van der Waals surface area contributed by atoms with Crippen LogP contribution in [0.15, 0.2) is 24.3 Å². The van der Waals surface area contributed by atoms with Gasteiger partial charge in [0.15, 0.2) is 0 Å². The van der Waals surface area contributed by atoms with Gasteiger partial charge in [-0.05, 0) is 31.0 Å². The molecule has 0 aliphatic heterocycles. The number of carbonyl (C=O) groups is 2. The van der Waals surface area contributed by atoms with Gasteiger partial charge in [-0.25, -0.2) is 4.79 Å². The van der Waals surface area contributed by atoms with Crippen molar-refractivity contribution in [3.63, 3.8) is 0 Å². The fraction of sp³-hybridized carbons (Fsp3) is 0.429. The maximum absolute atomic E-state index is 11.4. The van der Waals surface area contributed by atoms with Crippen molar-refractivity contribution in [1.82, 2.24) is 10.6 Å². The highest BCUT2D eigenvalue weighted by molar-refractivity contribution is 6.30. The molecule has 0 heterocycles. The Hall–Kier alpha value is -1.75. The topological polar surface area (TPSA) is 67.4 Å². The monoisotopic (exact) mass is 298 g/mol. The van der Waals surface area contributed by atoms with Gasteiger partial charge in [0.25, 0.3) is 0 Å². The predicted molar refractivity (Wildman–Crippen MR) is 77.8 cm³/mol. The molecule has 1 aromatic carbocycles. The number of ether oxygens (including phenoxy) is 1. The molecule has 1 rings (SSSR count). The molecule has 110 valence electrons. The van der Waals surface area contributed by atoms with Gasteiger partial charge in [-0.3, -0.25) is 4.79 Å². The zero-order chi connectivity index (χ0) is 14.8. The average Bonchev–Trinajstić information content (AvgIpc) is 2.41. The maximum atomic E-state index is 11.4. The van der Waals surface area contributed by atoms with Gasteiger partial charge < -0.3 is 15.4 Å². The third kappa shape index (κ3) is 6.99. The van der Waals surface area contributed by atoms with Gasteiger partial charge in [0.05, 0.1) is 13.0 Å². The molecule has 0 aliphatic carbocycles. The summed E-state index contributed by atoms with van der Waals surface area (Å²) in [6, 6.07) is 7.18. The quantitative estimate of drug-likeness (QED) is 0.758. The lowest BCUT2D eigenvalue weighted by Crippen LogP contribution is -2.37. The summed E-state index contributed by atoms with van der Waals surface area (Å²) in [5, 5.41) is 6.00. The van der Waals surface area contributed by atoms with Crippen LogP contribution in [0.25, 0.3) is 0 Å². The van der Waals surface area contributed by atoms with Crippen LogP contribution in [0.2, 0.25) is 5.02 Å². The molecule has 0 fully saturated rings. The van der Waals surface area contributed by atoms with Gasteiger partial charge in [0.2, 0.25) is 0 Å². The minimum absolute atomic E-state index is 0.179. The van der Waals surface area contributed by atoms with Crippen molar-refractivity contribution in [2.75, 3.05) is 19.7 Å². The minimum atomic E-state index is -0.311. The Balaban J connectivity index is 2.11. The third-order valence-electron chi connectivity index (χ3n) is 2.53. The number of halogens is 1. The molecule has 0 aromatic heterocycles. The molecule has 2 amide bonds. The lowest BCUT2D eigenvalue weighted by atomic mass is 10.1. The molecule has 0 aliphatic rings. The zero-order valence-electron chi connectivity index (χ0n) is 11.4. The third-order valence-corrected chi connectivity index (χ3v) is 2.78. The smallest absolute Gasteiger partial charge is 0.314 e. The summed E-state index contributed by atoms with van der Waals surface area (Å²) in [5.41, 5.74) is 1.10. The summed E-state index contributed by atoms with van der Waals surface area (Å²) in [7, 11) is 0. The van der Waals surface area contributed by atoms with E-state index in [1.807, 2.05) is 24.3 Å². The number of hydrogen-bond acceptors (Lipinski definition) is 3. The van der Waals surface area contributed by atoms with Crippen molar-refractivity contribution in [2.24, 2.45) is 0 Å². The Morgan fingerprint density at radius 3 is 2.45 bits per heavy atom. The molecule has 0 saturated carbocycles. The molecule has 2 N–H and O–H groups in total. The van der Waals surface area contributed by atoms with E-state index in [4.69, 9.17) is 16.3 Å².